The minimum atomic E-state index is 0.0355. The summed E-state index contributed by atoms with van der Waals surface area (Å²) in [6.45, 7) is 5.77. The van der Waals surface area contributed by atoms with E-state index in [0.29, 0.717) is 6.42 Å². The van der Waals surface area contributed by atoms with Gasteiger partial charge in [0.1, 0.15) is 5.76 Å². The second kappa shape index (κ2) is 6.04. The minimum absolute atomic E-state index is 0.0355. The van der Waals surface area contributed by atoms with Gasteiger partial charge in [0.05, 0.1) is 12.1 Å². The molecule has 0 aromatic carbocycles. The van der Waals surface area contributed by atoms with Crippen LogP contribution in [0.25, 0.3) is 0 Å². The molecule has 1 N–H and O–H groups in total. The molecule has 1 aromatic rings. The normalized spacial score (nSPS) is 16.9. The van der Waals surface area contributed by atoms with Gasteiger partial charge in [-0.15, -0.1) is 0 Å². The Morgan fingerprint density at radius 2 is 2.26 bits per heavy atom. The van der Waals surface area contributed by atoms with Gasteiger partial charge >= 0.3 is 0 Å². The maximum absolute atomic E-state index is 12.1. The van der Waals surface area contributed by atoms with Crippen LogP contribution in [0.5, 0.6) is 0 Å². The molecule has 1 unspecified atom stereocenters. The number of allylic oxidation sites excluding steroid dienone is 1. The SMILES string of the molecule is Cc1noc(C)c1CC(=O)NC(C)C1=CCCCC1. The van der Waals surface area contributed by atoms with Crippen LogP contribution in [-0.2, 0) is 11.2 Å². The second-order valence-electron chi connectivity index (χ2n) is 5.29. The molecule has 0 fully saturated rings. The smallest absolute Gasteiger partial charge is 0.225 e. The monoisotopic (exact) mass is 262 g/mol. The van der Waals surface area contributed by atoms with E-state index in [1.165, 1.54) is 18.4 Å². The largest absolute Gasteiger partial charge is 0.361 e. The number of carbonyl (C=O) groups excluding carboxylic acids is 1. The molecule has 0 bridgehead atoms. The van der Waals surface area contributed by atoms with Crippen molar-refractivity contribution in [3.63, 3.8) is 0 Å². The Hall–Kier alpha value is -1.58. The highest BCUT2D eigenvalue weighted by atomic mass is 16.5. The highest BCUT2D eigenvalue weighted by molar-refractivity contribution is 5.79. The van der Waals surface area contributed by atoms with Gasteiger partial charge in [-0.2, -0.15) is 0 Å². The molecule has 19 heavy (non-hydrogen) atoms. The van der Waals surface area contributed by atoms with Gasteiger partial charge in [0.15, 0.2) is 0 Å². The van der Waals surface area contributed by atoms with Crippen molar-refractivity contribution in [3.05, 3.63) is 28.7 Å². The summed E-state index contributed by atoms with van der Waals surface area (Å²) in [6, 6.07) is 0.133. The molecular formula is C15H22N2O2. The maximum atomic E-state index is 12.1. The number of amides is 1. The number of nitrogens with zero attached hydrogens (tertiary/aromatic N) is 1. The Balaban J connectivity index is 1.92. The fourth-order valence-electron chi connectivity index (χ4n) is 2.56. The molecule has 1 amide bonds. The lowest BCUT2D eigenvalue weighted by Crippen LogP contribution is -2.35. The molecule has 0 radical (unpaired) electrons. The molecular weight excluding hydrogens is 240 g/mol. The van der Waals surface area contributed by atoms with Crippen LogP contribution >= 0.6 is 0 Å². The number of aromatic nitrogens is 1. The lowest BCUT2D eigenvalue weighted by Gasteiger charge is -2.20. The highest BCUT2D eigenvalue weighted by Gasteiger charge is 2.17. The molecule has 0 saturated carbocycles. The van der Waals surface area contributed by atoms with Crippen LogP contribution in [0.1, 0.15) is 49.6 Å². The number of hydrogen-bond acceptors (Lipinski definition) is 3. The van der Waals surface area contributed by atoms with Crippen LogP contribution < -0.4 is 5.32 Å². The van der Waals surface area contributed by atoms with Gasteiger partial charge < -0.3 is 9.84 Å². The zero-order valence-electron chi connectivity index (χ0n) is 12.0. The molecule has 4 nitrogen and oxygen atoms in total. The molecule has 1 aliphatic rings. The summed E-state index contributed by atoms with van der Waals surface area (Å²) in [4.78, 5) is 12.1. The minimum Gasteiger partial charge on any atom is -0.361 e. The molecule has 0 spiro atoms. The van der Waals surface area contributed by atoms with Crippen molar-refractivity contribution in [1.82, 2.24) is 10.5 Å². The van der Waals surface area contributed by atoms with Gasteiger partial charge in [-0.1, -0.05) is 16.8 Å². The Kier molecular flexibility index (Phi) is 4.40. The molecule has 0 saturated heterocycles. The van der Waals surface area contributed by atoms with E-state index in [2.05, 4.69) is 23.5 Å². The van der Waals surface area contributed by atoms with Crippen LogP contribution in [0.3, 0.4) is 0 Å². The molecule has 1 aliphatic carbocycles. The molecule has 104 valence electrons. The van der Waals surface area contributed by atoms with E-state index in [0.717, 1.165) is 29.9 Å². The molecule has 4 heteroatoms. The lowest BCUT2D eigenvalue weighted by molar-refractivity contribution is -0.120. The van der Waals surface area contributed by atoms with E-state index >= 15 is 0 Å². The average Bonchev–Trinajstić information content (AvgIpc) is 2.71. The van der Waals surface area contributed by atoms with Crippen molar-refractivity contribution in [3.8, 4) is 0 Å². The third kappa shape index (κ3) is 3.46. The van der Waals surface area contributed by atoms with Crippen molar-refractivity contribution < 1.29 is 9.32 Å². The van der Waals surface area contributed by atoms with Crippen LogP contribution in [-0.4, -0.2) is 17.1 Å². The highest BCUT2D eigenvalue weighted by Crippen LogP contribution is 2.20. The van der Waals surface area contributed by atoms with Crippen molar-refractivity contribution >= 4 is 5.91 Å². The van der Waals surface area contributed by atoms with E-state index in [9.17, 15) is 4.79 Å². The molecule has 2 rings (SSSR count). The van der Waals surface area contributed by atoms with Crippen LogP contribution in [0.4, 0.5) is 0 Å². The van der Waals surface area contributed by atoms with E-state index in [1.807, 2.05) is 13.8 Å². The molecule has 1 aromatic heterocycles. The van der Waals surface area contributed by atoms with E-state index in [4.69, 9.17) is 4.52 Å². The Morgan fingerprint density at radius 1 is 1.47 bits per heavy atom. The van der Waals surface area contributed by atoms with E-state index in [-0.39, 0.29) is 11.9 Å². The Morgan fingerprint density at radius 3 is 2.84 bits per heavy atom. The molecule has 1 atom stereocenters. The number of carbonyl (C=O) groups is 1. The van der Waals surface area contributed by atoms with Gasteiger partial charge in [0.25, 0.3) is 0 Å². The number of nitrogens with one attached hydrogen (secondary N) is 1. The lowest BCUT2D eigenvalue weighted by atomic mass is 9.94. The number of hydrogen-bond donors (Lipinski definition) is 1. The van der Waals surface area contributed by atoms with Gasteiger partial charge in [0, 0.05) is 11.6 Å². The molecule has 1 heterocycles. The first kappa shape index (κ1) is 13.8. The average molecular weight is 262 g/mol. The van der Waals surface area contributed by atoms with Crippen LogP contribution in [0, 0.1) is 13.8 Å². The first-order valence-electron chi connectivity index (χ1n) is 6.98. The van der Waals surface area contributed by atoms with Gasteiger partial charge in [-0.3, -0.25) is 4.79 Å². The van der Waals surface area contributed by atoms with Crippen molar-refractivity contribution in [2.24, 2.45) is 0 Å². The summed E-state index contributed by atoms with van der Waals surface area (Å²) < 4.78 is 5.08. The standard InChI is InChI=1S/C15H22N2O2/c1-10(13-7-5-4-6-8-13)16-15(18)9-14-11(2)17-19-12(14)3/h7,10H,4-6,8-9H2,1-3H3,(H,16,18). The van der Waals surface area contributed by atoms with E-state index < -0.39 is 0 Å². The van der Waals surface area contributed by atoms with Gasteiger partial charge in [-0.25, -0.2) is 0 Å². The third-order valence-electron chi connectivity index (χ3n) is 3.78. The van der Waals surface area contributed by atoms with Gasteiger partial charge in [-0.05, 0) is 46.5 Å². The zero-order valence-corrected chi connectivity index (χ0v) is 12.0. The topological polar surface area (TPSA) is 55.1 Å². The Labute approximate surface area is 114 Å². The first-order chi connectivity index (χ1) is 9.08. The number of aryl methyl sites for hydroxylation is 2. The Bertz CT molecular complexity index is 469. The van der Waals surface area contributed by atoms with Crippen molar-refractivity contribution in [2.45, 2.75) is 58.9 Å². The fraction of sp³-hybridized carbons (Fsp3) is 0.600. The fourth-order valence-corrected chi connectivity index (χ4v) is 2.56. The first-order valence-corrected chi connectivity index (χ1v) is 6.98. The zero-order chi connectivity index (χ0) is 13.8. The molecule has 0 aliphatic heterocycles. The quantitative estimate of drug-likeness (QED) is 0.849. The van der Waals surface area contributed by atoms with Crippen molar-refractivity contribution in [2.75, 3.05) is 0 Å². The predicted octanol–water partition coefficient (Wildman–Crippen LogP) is 2.84. The summed E-state index contributed by atoms with van der Waals surface area (Å²) in [5, 5.41) is 6.94. The maximum Gasteiger partial charge on any atom is 0.225 e. The van der Waals surface area contributed by atoms with Crippen LogP contribution in [0.2, 0.25) is 0 Å². The number of rotatable bonds is 4. The summed E-state index contributed by atoms with van der Waals surface area (Å²) in [5.41, 5.74) is 3.07. The third-order valence-corrected chi connectivity index (χ3v) is 3.78. The summed E-state index contributed by atoms with van der Waals surface area (Å²) >= 11 is 0. The summed E-state index contributed by atoms with van der Waals surface area (Å²) in [7, 11) is 0. The van der Waals surface area contributed by atoms with Gasteiger partial charge in [0.2, 0.25) is 5.91 Å². The summed E-state index contributed by atoms with van der Waals surface area (Å²) in [6.07, 6.45) is 7.36. The summed E-state index contributed by atoms with van der Waals surface area (Å²) in [5.74, 6) is 0.769. The van der Waals surface area contributed by atoms with E-state index in [1.54, 1.807) is 0 Å². The van der Waals surface area contributed by atoms with Crippen molar-refractivity contribution in [1.29, 1.82) is 0 Å². The van der Waals surface area contributed by atoms with Crippen LogP contribution in [0.15, 0.2) is 16.2 Å². The second-order valence-corrected chi connectivity index (χ2v) is 5.29. The predicted molar refractivity (Wildman–Crippen MR) is 73.8 cm³/mol.